The second-order valence-electron chi connectivity index (χ2n) is 3.94. The van der Waals surface area contributed by atoms with E-state index in [-0.39, 0.29) is 5.82 Å². The fourth-order valence-corrected chi connectivity index (χ4v) is 1.66. The fourth-order valence-electron chi connectivity index (χ4n) is 1.66. The molecule has 0 saturated carbocycles. The molecule has 2 aromatic rings. The van der Waals surface area contributed by atoms with Gasteiger partial charge in [-0.1, -0.05) is 19.1 Å². The van der Waals surface area contributed by atoms with Gasteiger partial charge in [0.25, 0.3) is 0 Å². The lowest BCUT2D eigenvalue weighted by Gasteiger charge is -1.98. The summed E-state index contributed by atoms with van der Waals surface area (Å²) in [6.07, 6.45) is 1.09. The summed E-state index contributed by atoms with van der Waals surface area (Å²) in [6.45, 7) is 3.81. The lowest BCUT2D eigenvalue weighted by atomic mass is 10.1. The van der Waals surface area contributed by atoms with Crippen molar-refractivity contribution in [1.29, 1.82) is 0 Å². The molecular weight excluding hydrogens is 217 g/mol. The van der Waals surface area contributed by atoms with Crippen LogP contribution in [0.5, 0.6) is 0 Å². The maximum Gasteiger partial charge on any atom is 0.132 e. The van der Waals surface area contributed by atoms with E-state index in [4.69, 9.17) is 0 Å². The highest BCUT2D eigenvalue weighted by Crippen LogP contribution is 2.20. The Labute approximate surface area is 100 Å². The average molecular weight is 233 g/mol. The number of hydrogen-bond donors (Lipinski definition) is 2. The Morgan fingerprint density at radius 2 is 2.18 bits per heavy atom. The molecule has 3 nitrogen and oxygen atoms in total. The number of H-pyrrole nitrogens is 1. The highest BCUT2D eigenvalue weighted by Gasteiger charge is 2.07. The largest absolute Gasteiger partial charge is 0.311 e. The number of aromatic nitrogens is 2. The second-order valence-corrected chi connectivity index (χ2v) is 3.94. The number of benzene rings is 1. The van der Waals surface area contributed by atoms with E-state index in [0.717, 1.165) is 25.2 Å². The number of halogens is 1. The van der Waals surface area contributed by atoms with Crippen molar-refractivity contribution in [3.8, 4) is 11.3 Å². The van der Waals surface area contributed by atoms with Gasteiger partial charge < -0.3 is 5.32 Å². The lowest BCUT2D eigenvalue weighted by molar-refractivity contribution is 0.630. The molecule has 90 valence electrons. The van der Waals surface area contributed by atoms with Crippen molar-refractivity contribution in [3.05, 3.63) is 41.8 Å². The quantitative estimate of drug-likeness (QED) is 0.779. The Hall–Kier alpha value is -1.68. The lowest BCUT2D eigenvalue weighted by Crippen LogP contribution is -2.13. The highest BCUT2D eigenvalue weighted by molar-refractivity contribution is 5.59. The van der Waals surface area contributed by atoms with Crippen LogP contribution >= 0.6 is 0 Å². The van der Waals surface area contributed by atoms with E-state index in [1.54, 1.807) is 12.1 Å². The van der Waals surface area contributed by atoms with Gasteiger partial charge in [0.15, 0.2) is 0 Å². The molecule has 1 aromatic carbocycles. The first-order chi connectivity index (χ1) is 8.31. The summed E-state index contributed by atoms with van der Waals surface area (Å²) in [5, 5.41) is 10.3. The van der Waals surface area contributed by atoms with E-state index < -0.39 is 0 Å². The maximum atomic E-state index is 13.5. The van der Waals surface area contributed by atoms with Crippen molar-refractivity contribution in [3.63, 3.8) is 0 Å². The van der Waals surface area contributed by atoms with Crippen LogP contribution in [0.2, 0.25) is 0 Å². The van der Waals surface area contributed by atoms with Crippen molar-refractivity contribution in [2.45, 2.75) is 19.9 Å². The summed E-state index contributed by atoms with van der Waals surface area (Å²) in [7, 11) is 0. The van der Waals surface area contributed by atoms with Crippen LogP contribution in [0, 0.1) is 5.82 Å². The van der Waals surface area contributed by atoms with E-state index in [2.05, 4.69) is 22.4 Å². The van der Waals surface area contributed by atoms with Gasteiger partial charge in [-0.2, -0.15) is 5.10 Å². The van der Waals surface area contributed by atoms with Crippen molar-refractivity contribution in [2.75, 3.05) is 6.54 Å². The summed E-state index contributed by atoms with van der Waals surface area (Å²) in [6, 6.07) is 8.53. The van der Waals surface area contributed by atoms with Gasteiger partial charge in [-0.25, -0.2) is 4.39 Å². The fraction of sp³-hybridized carbons (Fsp3) is 0.308. The van der Waals surface area contributed by atoms with Crippen LogP contribution in [0.15, 0.2) is 30.3 Å². The molecule has 0 aliphatic heterocycles. The van der Waals surface area contributed by atoms with Gasteiger partial charge in [0.1, 0.15) is 5.82 Å². The molecule has 1 aromatic heterocycles. The third-order valence-corrected chi connectivity index (χ3v) is 2.52. The van der Waals surface area contributed by atoms with Gasteiger partial charge >= 0.3 is 0 Å². The molecule has 2 rings (SSSR count). The molecule has 4 heteroatoms. The summed E-state index contributed by atoms with van der Waals surface area (Å²) in [4.78, 5) is 0. The topological polar surface area (TPSA) is 40.7 Å². The molecule has 17 heavy (non-hydrogen) atoms. The van der Waals surface area contributed by atoms with Crippen molar-refractivity contribution in [2.24, 2.45) is 0 Å². The Morgan fingerprint density at radius 3 is 2.94 bits per heavy atom. The van der Waals surface area contributed by atoms with Gasteiger partial charge in [-0.05, 0) is 31.2 Å². The zero-order valence-electron chi connectivity index (χ0n) is 9.83. The summed E-state index contributed by atoms with van der Waals surface area (Å²) < 4.78 is 13.5. The minimum atomic E-state index is -0.243. The smallest absolute Gasteiger partial charge is 0.132 e. The van der Waals surface area contributed by atoms with Crippen molar-refractivity contribution < 1.29 is 4.39 Å². The van der Waals surface area contributed by atoms with Crippen LogP contribution in [0.1, 0.15) is 19.0 Å². The third kappa shape index (κ3) is 2.91. The molecule has 0 spiro atoms. The molecule has 0 unspecified atom stereocenters. The molecule has 0 radical (unpaired) electrons. The molecule has 0 fully saturated rings. The minimum Gasteiger partial charge on any atom is -0.311 e. The highest BCUT2D eigenvalue weighted by atomic mass is 19.1. The Kier molecular flexibility index (Phi) is 3.88. The van der Waals surface area contributed by atoms with Crippen LogP contribution in [-0.2, 0) is 6.54 Å². The van der Waals surface area contributed by atoms with Gasteiger partial charge in [-0.15, -0.1) is 0 Å². The van der Waals surface area contributed by atoms with Crippen molar-refractivity contribution >= 4 is 0 Å². The van der Waals surface area contributed by atoms with E-state index in [9.17, 15) is 4.39 Å². The molecule has 0 atom stereocenters. The van der Waals surface area contributed by atoms with Crippen LogP contribution < -0.4 is 5.32 Å². The number of nitrogens with zero attached hydrogens (tertiary/aromatic N) is 1. The zero-order valence-corrected chi connectivity index (χ0v) is 9.83. The molecule has 2 N–H and O–H groups in total. The van der Waals surface area contributed by atoms with Gasteiger partial charge in [0.05, 0.1) is 5.69 Å². The summed E-state index contributed by atoms with van der Waals surface area (Å²) in [5.41, 5.74) is 2.15. The Morgan fingerprint density at radius 1 is 1.35 bits per heavy atom. The molecule has 1 heterocycles. The molecule has 0 aliphatic carbocycles. The number of hydrogen-bond acceptors (Lipinski definition) is 2. The van der Waals surface area contributed by atoms with E-state index in [0.29, 0.717) is 11.3 Å². The predicted octanol–water partition coefficient (Wildman–Crippen LogP) is 2.72. The van der Waals surface area contributed by atoms with Crippen LogP contribution in [0.25, 0.3) is 11.3 Å². The first kappa shape index (κ1) is 11.8. The minimum absolute atomic E-state index is 0.243. The summed E-state index contributed by atoms with van der Waals surface area (Å²) >= 11 is 0. The molecule has 0 aliphatic rings. The van der Waals surface area contributed by atoms with E-state index >= 15 is 0 Å². The van der Waals surface area contributed by atoms with Crippen LogP contribution in [0.4, 0.5) is 4.39 Å². The van der Waals surface area contributed by atoms with Crippen LogP contribution in [0.3, 0.4) is 0 Å². The van der Waals surface area contributed by atoms with E-state index in [1.807, 2.05) is 12.1 Å². The van der Waals surface area contributed by atoms with Gasteiger partial charge in [0.2, 0.25) is 0 Å². The number of nitrogens with one attached hydrogen (secondary N) is 2. The molecular formula is C13H16FN3. The molecule has 0 bridgehead atoms. The normalized spacial score (nSPS) is 10.7. The van der Waals surface area contributed by atoms with Gasteiger partial charge in [-0.3, -0.25) is 5.10 Å². The summed E-state index contributed by atoms with van der Waals surface area (Å²) in [5.74, 6) is -0.243. The SMILES string of the molecule is CCCNCc1cc(-c2ccccc2F)n[nH]1. The zero-order chi connectivity index (χ0) is 12.1. The van der Waals surface area contributed by atoms with E-state index in [1.165, 1.54) is 6.07 Å². The predicted molar refractivity (Wildman–Crippen MR) is 66.0 cm³/mol. The Bertz CT molecular complexity index is 479. The first-order valence-electron chi connectivity index (χ1n) is 5.81. The molecule has 0 saturated heterocycles. The maximum absolute atomic E-state index is 13.5. The van der Waals surface area contributed by atoms with Gasteiger partial charge in [0, 0.05) is 17.8 Å². The third-order valence-electron chi connectivity index (χ3n) is 2.52. The monoisotopic (exact) mass is 233 g/mol. The Balaban J connectivity index is 2.10. The molecule has 0 amide bonds. The second kappa shape index (κ2) is 5.59. The standard InChI is InChI=1S/C13H16FN3/c1-2-7-15-9-10-8-13(17-16-10)11-5-3-4-6-12(11)14/h3-6,8,15H,2,7,9H2,1H3,(H,16,17). The first-order valence-corrected chi connectivity index (χ1v) is 5.81. The number of aromatic amines is 1. The van der Waals surface area contributed by atoms with Crippen LogP contribution in [-0.4, -0.2) is 16.7 Å². The van der Waals surface area contributed by atoms with Crippen molar-refractivity contribution in [1.82, 2.24) is 15.5 Å². The average Bonchev–Trinajstić information content (AvgIpc) is 2.79. The number of rotatable bonds is 5.